The molecule has 0 atom stereocenters. The van der Waals surface area contributed by atoms with E-state index in [1.165, 1.54) is 0 Å². The van der Waals surface area contributed by atoms with Crippen LogP contribution in [-0.4, -0.2) is 36.1 Å². The van der Waals surface area contributed by atoms with Crippen molar-refractivity contribution >= 4 is 29.6 Å². The van der Waals surface area contributed by atoms with Gasteiger partial charge in [0.2, 0.25) is 0 Å². The van der Waals surface area contributed by atoms with Crippen molar-refractivity contribution in [1.29, 1.82) is 0 Å². The second kappa shape index (κ2) is 9.03. The number of rotatable bonds is 0. The zero-order chi connectivity index (χ0) is 2.71. The van der Waals surface area contributed by atoms with E-state index in [2.05, 4.69) is 6.92 Å². The van der Waals surface area contributed by atoms with Crippen LogP contribution in [0.15, 0.2) is 0 Å². The molecule has 0 saturated heterocycles. The molecule has 0 saturated carbocycles. The molecular weight excluding hydrogens is 61.0 g/mol. The summed E-state index contributed by atoms with van der Waals surface area (Å²) in [7, 11) is 0. The van der Waals surface area contributed by atoms with Crippen LogP contribution in [0.4, 0.5) is 0 Å². The molecule has 0 aliphatic rings. The van der Waals surface area contributed by atoms with Gasteiger partial charge in [-0.3, -0.25) is 0 Å². The number of hydrogen-bond donors (Lipinski definition) is 1. The molecule has 0 amide bonds. The Morgan fingerprint density at radius 2 is 1.75 bits per heavy atom. The SMILES string of the molecule is [CH2]CN.[NaH]. The molecule has 0 unspecified atom stereocenters. The molecule has 0 fully saturated rings. The van der Waals surface area contributed by atoms with E-state index in [0.717, 1.165) is 0 Å². The second-order valence-electron chi connectivity index (χ2n) is 0.289. The van der Waals surface area contributed by atoms with Gasteiger partial charge in [0.05, 0.1) is 0 Å². The fourth-order valence-electron chi connectivity index (χ4n) is 0. The standard InChI is InChI=1S/C2H6N.Na.H/c1-2-3;;/h1-3H2;;. The van der Waals surface area contributed by atoms with Crippen LogP contribution in [0.5, 0.6) is 0 Å². The molecule has 0 bridgehead atoms. The van der Waals surface area contributed by atoms with E-state index in [9.17, 15) is 0 Å². The van der Waals surface area contributed by atoms with Gasteiger partial charge in [0.1, 0.15) is 0 Å². The summed E-state index contributed by atoms with van der Waals surface area (Å²) in [6.07, 6.45) is 0. The van der Waals surface area contributed by atoms with Crippen LogP contribution in [0.1, 0.15) is 0 Å². The molecule has 0 aromatic heterocycles. The quantitative estimate of drug-likeness (QED) is 0.367. The van der Waals surface area contributed by atoms with Gasteiger partial charge in [0.15, 0.2) is 0 Å². The Morgan fingerprint density at radius 1 is 1.75 bits per heavy atom. The number of nitrogens with two attached hydrogens (primary N) is 1. The van der Waals surface area contributed by atoms with Crippen molar-refractivity contribution in [3.63, 3.8) is 0 Å². The molecule has 0 heterocycles. The second-order valence-corrected chi connectivity index (χ2v) is 0.289. The monoisotopic (exact) mass is 68.0 g/mol. The van der Waals surface area contributed by atoms with Crippen LogP contribution in [0.2, 0.25) is 0 Å². The molecule has 0 aliphatic heterocycles. The maximum atomic E-state index is 4.74. The van der Waals surface area contributed by atoms with Gasteiger partial charge in [0, 0.05) is 0 Å². The first-order valence-corrected chi connectivity index (χ1v) is 0.908. The van der Waals surface area contributed by atoms with Crippen LogP contribution in [0.3, 0.4) is 0 Å². The summed E-state index contributed by atoms with van der Waals surface area (Å²) in [5, 5.41) is 0. The summed E-state index contributed by atoms with van der Waals surface area (Å²) < 4.78 is 0. The minimum absolute atomic E-state index is 0. The third kappa shape index (κ3) is 12.3. The predicted octanol–water partition coefficient (Wildman–Crippen LogP) is -0.869. The first-order valence-electron chi connectivity index (χ1n) is 0.908. The van der Waals surface area contributed by atoms with E-state index < -0.39 is 0 Å². The van der Waals surface area contributed by atoms with Gasteiger partial charge in [-0.1, -0.05) is 0 Å². The van der Waals surface area contributed by atoms with Crippen LogP contribution in [0.25, 0.3) is 0 Å². The first-order chi connectivity index (χ1) is 1.41. The molecule has 21 valence electrons. The Morgan fingerprint density at radius 3 is 1.75 bits per heavy atom. The van der Waals surface area contributed by atoms with Gasteiger partial charge >= 0.3 is 29.6 Å². The normalized spacial score (nSPS) is 4.50. The van der Waals surface area contributed by atoms with Crippen LogP contribution in [-0.2, 0) is 0 Å². The molecular formula is C2H7NNa. The van der Waals surface area contributed by atoms with Gasteiger partial charge in [0.25, 0.3) is 0 Å². The van der Waals surface area contributed by atoms with E-state index in [1.54, 1.807) is 0 Å². The molecule has 0 aromatic rings. The van der Waals surface area contributed by atoms with Crippen molar-refractivity contribution in [3.8, 4) is 0 Å². The molecule has 0 rings (SSSR count). The van der Waals surface area contributed by atoms with E-state index in [4.69, 9.17) is 5.73 Å². The summed E-state index contributed by atoms with van der Waals surface area (Å²) in [4.78, 5) is 0. The molecule has 0 aliphatic carbocycles. The molecule has 1 nitrogen and oxygen atoms in total. The summed E-state index contributed by atoms with van der Waals surface area (Å²) in [6.45, 7) is 3.76. The molecule has 0 aromatic carbocycles. The van der Waals surface area contributed by atoms with Gasteiger partial charge in [-0.05, 0) is 13.5 Å². The van der Waals surface area contributed by atoms with Crippen LogP contribution < -0.4 is 5.73 Å². The Labute approximate surface area is 48.9 Å². The van der Waals surface area contributed by atoms with E-state index in [1.807, 2.05) is 0 Å². The van der Waals surface area contributed by atoms with Crippen molar-refractivity contribution < 1.29 is 0 Å². The third-order valence-corrected chi connectivity index (χ3v) is 0. The molecule has 0 spiro atoms. The Hall–Kier alpha value is 0.960. The molecule has 4 heavy (non-hydrogen) atoms. The zero-order valence-electron chi connectivity index (χ0n) is 1.99. The Bertz CT molecular complexity index is 6.00. The van der Waals surface area contributed by atoms with Gasteiger partial charge in [-0.2, -0.15) is 0 Å². The van der Waals surface area contributed by atoms with Gasteiger partial charge < -0.3 is 5.73 Å². The molecule has 1 radical (unpaired) electrons. The number of hydrogen-bond acceptors (Lipinski definition) is 1. The van der Waals surface area contributed by atoms with E-state index in [-0.39, 0.29) is 29.6 Å². The Balaban J connectivity index is 0. The maximum absolute atomic E-state index is 4.74. The topological polar surface area (TPSA) is 26.0 Å². The van der Waals surface area contributed by atoms with Gasteiger partial charge in [-0.25, -0.2) is 0 Å². The fourth-order valence-corrected chi connectivity index (χ4v) is 0. The average Bonchev–Trinajstić information content (AvgIpc) is 0.918. The fraction of sp³-hybridized carbons (Fsp3) is 0.500. The minimum atomic E-state index is 0. The van der Waals surface area contributed by atoms with E-state index in [0.29, 0.717) is 6.54 Å². The molecule has 2 N–H and O–H groups in total. The first kappa shape index (κ1) is 8.88. The van der Waals surface area contributed by atoms with E-state index >= 15 is 0 Å². The van der Waals surface area contributed by atoms with Crippen molar-refractivity contribution in [2.45, 2.75) is 0 Å². The summed E-state index contributed by atoms with van der Waals surface area (Å²) >= 11 is 0. The van der Waals surface area contributed by atoms with Crippen molar-refractivity contribution in [1.82, 2.24) is 0 Å². The van der Waals surface area contributed by atoms with Crippen molar-refractivity contribution in [3.05, 3.63) is 6.92 Å². The van der Waals surface area contributed by atoms with Crippen molar-refractivity contribution in [2.75, 3.05) is 6.54 Å². The third-order valence-electron chi connectivity index (χ3n) is 0. The molecule has 2 heteroatoms. The summed E-state index contributed by atoms with van der Waals surface area (Å²) in [5.41, 5.74) is 4.74. The average molecular weight is 68.1 g/mol. The Kier molecular flexibility index (Phi) is 20.0. The van der Waals surface area contributed by atoms with Crippen LogP contribution >= 0.6 is 0 Å². The van der Waals surface area contributed by atoms with Crippen LogP contribution in [0, 0.1) is 6.92 Å². The zero-order valence-corrected chi connectivity index (χ0v) is 1.99. The van der Waals surface area contributed by atoms with Crippen molar-refractivity contribution in [2.24, 2.45) is 5.73 Å². The summed E-state index contributed by atoms with van der Waals surface area (Å²) in [6, 6.07) is 0. The summed E-state index contributed by atoms with van der Waals surface area (Å²) in [5.74, 6) is 0. The predicted molar refractivity (Wildman–Crippen MR) is 21.6 cm³/mol. The van der Waals surface area contributed by atoms with Gasteiger partial charge in [-0.15, -0.1) is 0 Å².